The molecule has 0 aliphatic heterocycles. The number of nitrogens with zero attached hydrogens (tertiary/aromatic N) is 1. The first-order chi connectivity index (χ1) is 14.2. The molecule has 3 atom stereocenters. The smallest absolute Gasteiger partial charge is 0.264 e. The molecule has 6 heteroatoms. The van der Waals surface area contributed by atoms with Crippen LogP contribution < -0.4 is 9.62 Å². The second-order valence-electron chi connectivity index (χ2n) is 8.94. The Labute approximate surface area is 179 Å². The Morgan fingerprint density at radius 2 is 1.73 bits per heavy atom. The Bertz CT molecular complexity index is 1050. The SMILES string of the molecule is Cc1ccc(S(=O)(=O)N(CC(=O)N[C@H]2C[C@H]3CC[C@H]2C3)c2ccc(C)c(C)c2)cc1. The van der Waals surface area contributed by atoms with E-state index in [0.29, 0.717) is 17.5 Å². The van der Waals surface area contributed by atoms with Crippen LogP contribution >= 0.6 is 0 Å². The molecular formula is C24H30N2O3S. The summed E-state index contributed by atoms with van der Waals surface area (Å²) in [6, 6.07) is 12.5. The molecule has 30 heavy (non-hydrogen) atoms. The van der Waals surface area contributed by atoms with Crippen molar-refractivity contribution in [3.05, 3.63) is 59.2 Å². The summed E-state index contributed by atoms with van der Waals surface area (Å²) in [6.45, 7) is 5.64. The van der Waals surface area contributed by atoms with Crippen molar-refractivity contribution >= 4 is 21.6 Å². The van der Waals surface area contributed by atoms with Crippen molar-refractivity contribution < 1.29 is 13.2 Å². The fourth-order valence-electron chi connectivity index (χ4n) is 4.84. The minimum absolute atomic E-state index is 0.180. The van der Waals surface area contributed by atoms with Gasteiger partial charge in [0.25, 0.3) is 10.0 Å². The molecule has 0 radical (unpaired) electrons. The van der Waals surface area contributed by atoms with Crippen LogP contribution in [0.25, 0.3) is 0 Å². The first kappa shape index (κ1) is 20.9. The van der Waals surface area contributed by atoms with Crippen molar-refractivity contribution in [3.8, 4) is 0 Å². The number of sulfonamides is 1. The van der Waals surface area contributed by atoms with Gasteiger partial charge in [-0.1, -0.05) is 30.2 Å². The molecule has 1 N–H and O–H groups in total. The second-order valence-corrected chi connectivity index (χ2v) is 10.8. The predicted octanol–water partition coefficient (Wildman–Crippen LogP) is 4.11. The normalized spacial score (nSPS) is 22.8. The molecule has 2 saturated carbocycles. The molecule has 2 fully saturated rings. The van der Waals surface area contributed by atoms with E-state index in [1.54, 1.807) is 30.3 Å². The fourth-order valence-corrected chi connectivity index (χ4v) is 6.25. The van der Waals surface area contributed by atoms with Crippen LogP contribution in [-0.4, -0.2) is 26.9 Å². The van der Waals surface area contributed by atoms with Crippen molar-refractivity contribution in [1.82, 2.24) is 5.32 Å². The minimum atomic E-state index is -3.87. The van der Waals surface area contributed by atoms with Crippen molar-refractivity contribution in [1.29, 1.82) is 0 Å². The zero-order chi connectivity index (χ0) is 21.5. The summed E-state index contributed by atoms with van der Waals surface area (Å²) in [6.07, 6.45) is 4.63. The average molecular weight is 427 g/mol. The molecule has 0 spiro atoms. The molecule has 2 aromatic carbocycles. The lowest BCUT2D eigenvalue weighted by molar-refractivity contribution is -0.120. The van der Waals surface area contributed by atoms with Crippen LogP contribution in [0, 0.1) is 32.6 Å². The van der Waals surface area contributed by atoms with E-state index in [0.717, 1.165) is 29.5 Å². The summed E-state index contributed by atoms with van der Waals surface area (Å²) < 4.78 is 28.2. The van der Waals surface area contributed by atoms with Crippen molar-refractivity contribution in [2.45, 2.75) is 57.4 Å². The average Bonchev–Trinajstić information content (AvgIpc) is 3.32. The topological polar surface area (TPSA) is 66.5 Å². The Morgan fingerprint density at radius 1 is 1.00 bits per heavy atom. The van der Waals surface area contributed by atoms with Gasteiger partial charge in [0.2, 0.25) is 5.91 Å². The molecule has 0 aromatic heterocycles. The highest BCUT2D eigenvalue weighted by molar-refractivity contribution is 7.92. The summed E-state index contributed by atoms with van der Waals surface area (Å²) in [7, 11) is -3.87. The lowest BCUT2D eigenvalue weighted by atomic mass is 9.95. The van der Waals surface area contributed by atoms with Gasteiger partial charge in [0.05, 0.1) is 10.6 Å². The maximum atomic E-state index is 13.5. The van der Waals surface area contributed by atoms with E-state index in [-0.39, 0.29) is 23.4 Å². The molecule has 2 aromatic rings. The van der Waals surface area contributed by atoms with Crippen molar-refractivity contribution in [3.63, 3.8) is 0 Å². The Balaban J connectivity index is 1.62. The van der Waals surface area contributed by atoms with Crippen molar-refractivity contribution in [2.75, 3.05) is 10.8 Å². The van der Waals surface area contributed by atoms with E-state index in [4.69, 9.17) is 0 Å². The Kier molecular flexibility index (Phi) is 5.62. The van der Waals surface area contributed by atoms with Gasteiger partial charge in [-0.3, -0.25) is 9.10 Å². The lowest BCUT2D eigenvalue weighted by Crippen LogP contribution is -2.46. The number of anilines is 1. The van der Waals surface area contributed by atoms with E-state index in [2.05, 4.69) is 5.32 Å². The highest BCUT2D eigenvalue weighted by Crippen LogP contribution is 2.44. The third-order valence-corrected chi connectivity index (χ3v) is 8.55. The second kappa shape index (κ2) is 8.06. The first-order valence-electron chi connectivity index (χ1n) is 10.7. The molecule has 2 aliphatic rings. The first-order valence-corrected chi connectivity index (χ1v) is 12.1. The quantitative estimate of drug-likeness (QED) is 0.756. The van der Waals surface area contributed by atoms with Crippen LogP contribution in [0.2, 0.25) is 0 Å². The standard InChI is InChI=1S/C24H30N2O3S/c1-16-4-10-22(11-5-16)30(28,29)26(21-9-6-17(2)18(3)12-21)15-24(27)25-23-14-19-7-8-20(23)13-19/h4-6,9-12,19-20,23H,7-8,13-15H2,1-3H3,(H,25,27)/t19-,20-,23-/m0/s1. The third-order valence-electron chi connectivity index (χ3n) is 6.76. The molecule has 0 unspecified atom stereocenters. The van der Waals surface area contributed by atoms with Gasteiger partial charge in [-0.15, -0.1) is 0 Å². The van der Waals surface area contributed by atoms with Crippen LogP contribution in [0.3, 0.4) is 0 Å². The molecule has 5 nitrogen and oxygen atoms in total. The van der Waals surface area contributed by atoms with Crippen LogP contribution in [0.1, 0.15) is 42.4 Å². The molecule has 4 rings (SSSR count). The monoisotopic (exact) mass is 426 g/mol. The van der Waals surface area contributed by atoms with Gasteiger partial charge in [-0.2, -0.15) is 0 Å². The summed E-state index contributed by atoms with van der Waals surface area (Å²) >= 11 is 0. The van der Waals surface area contributed by atoms with E-state index in [9.17, 15) is 13.2 Å². The highest BCUT2D eigenvalue weighted by atomic mass is 32.2. The molecular weight excluding hydrogens is 396 g/mol. The zero-order valence-corrected chi connectivity index (χ0v) is 18.7. The van der Waals surface area contributed by atoms with Gasteiger partial charge in [0.1, 0.15) is 6.54 Å². The molecule has 0 heterocycles. The minimum Gasteiger partial charge on any atom is -0.352 e. The Morgan fingerprint density at radius 3 is 2.33 bits per heavy atom. The highest BCUT2D eigenvalue weighted by Gasteiger charge is 2.40. The Hall–Kier alpha value is -2.34. The van der Waals surface area contributed by atoms with Crippen LogP contribution in [0.15, 0.2) is 47.4 Å². The number of nitrogens with one attached hydrogen (secondary N) is 1. The lowest BCUT2D eigenvalue weighted by Gasteiger charge is -2.27. The zero-order valence-electron chi connectivity index (χ0n) is 17.9. The van der Waals surface area contributed by atoms with Gasteiger partial charge in [0, 0.05) is 6.04 Å². The van der Waals surface area contributed by atoms with E-state index in [1.807, 2.05) is 32.9 Å². The number of carbonyl (C=O) groups is 1. The summed E-state index contributed by atoms with van der Waals surface area (Å²) in [5, 5.41) is 3.12. The summed E-state index contributed by atoms with van der Waals surface area (Å²) in [4.78, 5) is 13.1. The number of aryl methyl sites for hydroxylation is 3. The molecule has 2 aliphatic carbocycles. The number of rotatable bonds is 6. The van der Waals surface area contributed by atoms with Gasteiger partial charge < -0.3 is 5.32 Å². The molecule has 0 saturated heterocycles. The number of fused-ring (bicyclic) bond motifs is 2. The number of amides is 1. The predicted molar refractivity (Wildman–Crippen MR) is 119 cm³/mol. The largest absolute Gasteiger partial charge is 0.352 e. The molecule has 2 bridgehead atoms. The van der Waals surface area contributed by atoms with Crippen LogP contribution in [-0.2, 0) is 14.8 Å². The van der Waals surface area contributed by atoms with Crippen molar-refractivity contribution in [2.24, 2.45) is 11.8 Å². The van der Waals surface area contributed by atoms with Gasteiger partial charge in [0.15, 0.2) is 0 Å². The third kappa shape index (κ3) is 4.10. The number of benzene rings is 2. The van der Waals surface area contributed by atoms with Crippen LogP contribution in [0.5, 0.6) is 0 Å². The van der Waals surface area contributed by atoms with E-state index in [1.165, 1.54) is 17.1 Å². The molecule has 160 valence electrons. The maximum absolute atomic E-state index is 13.5. The van der Waals surface area contributed by atoms with Gasteiger partial charge in [-0.25, -0.2) is 8.42 Å². The fraction of sp³-hybridized carbons (Fsp3) is 0.458. The van der Waals surface area contributed by atoms with Crippen LogP contribution in [0.4, 0.5) is 5.69 Å². The number of hydrogen-bond acceptors (Lipinski definition) is 3. The summed E-state index contributed by atoms with van der Waals surface area (Å²) in [5.41, 5.74) is 3.57. The van der Waals surface area contributed by atoms with Gasteiger partial charge in [-0.05, 0) is 87.3 Å². The van der Waals surface area contributed by atoms with Gasteiger partial charge >= 0.3 is 0 Å². The molecule has 1 amide bonds. The number of hydrogen-bond donors (Lipinski definition) is 1. The number of carbonyl (C=O) groups excluding carboxylic acids is 1. The summed E-state index contributed by atoms with van der Waals surface area (Å²) in [5.74, 6) is 1.02. The maximum Gasteiger partial charge on any atom is 0.264 e. The van der Waals surface area contributed by atoms with E-state index >= 15 is 0 Å². The van der Waals surface area contributed by atoms with E-state index < -0.39 is 10.0 Å².